The number of nitrogens with one attached hydrogen (secondary N) is 2. The molecule has 10 nitrogen and oxygen atoms in total. The van der Waals surface area contributed by atoms with E-state index < -0.39 is 17.2 Å². The van der Waals surface area contributed by atoms with Crippen molar-refractivity contribution in [1.82, 2.24) is 20.4 Å². The molecule has 3 aromatic rings. The standard InChI is InChI=1S/C36H45N5O5/c1-5-32(43)41(23(2)3)28-17-11-24(12-18-28)19-31(42)37-30-20-29(25-9-7-6-8-10-25)33(40-39-30)26-13-15-27(16-14-26)36(38-34(44)45)21-35(4,46)22-36/h6-10,13-16,20,23-24,28,38,46H,5,11-12,17-19,21-22H2,1-4H3,(H,44,45)(H,37,39,42)/t24-,28-,35-,36+. The number of carbonyl (C=O) groups is 3. The zero-order chi connectivity index (χ0) is 33.1. The van der Waals surface area contributed by atoms with E-state index in [4.69, 9.17) is 0 Å². The molecule has 0 saturated heterocycles. The molecule has 0 aliphatic heterocycles. The Hall–Kier alpha value is -4.31. The van der Waals surface area contributed by atoms with Crippen molar-refractivity contribution in [3.05, 3.63) is 66.2 Å². The molecule has 10 heteroatoms. The van der Waals surface area contributed by atoms with E-state index in [0.717, 1.165) is 47.9 Å². The van der Waals surface area contributed by atoms with Crippen molar-refractivity contribution < 1.29 is 24.6 Å². The number of carboxylic acid groups (broad SMARTS) is 1. The first-order chi connectivity index (χ1) is 21.9. The summed E-state index contributed by atoms with van der Waals surface area (Å²) in [6.07, 6.45) is 3.93. The van der Waals surface area contributed by atoms with Gasteiger partial charge >= 0.3 is 6.09 Å². The number of nitrogens with zero attached hydrogens (tertiary/aromatic N) is 3. The topological polar surface area (TPSA) is 145 Å². The van der Waals surface area contributed by atoms with Gasteiger partial charge in [0.05, 0.1) is 11.1 Å². The number of anilines is 1. The van der Waals surface area contributed by atoms with Crippen LogP contribution >= 0.6 is 0 Å². The molecule has 0 atom stereocenters. The SMILES string of the molecule is CCC(=O)N(C(C)C)[C@H]1CC[C@H](CC(=O)Nc2cc(-c3ccccc3)c(-c3ccc([C@]4(NC(=O)O)C[C@@](C)(O)C4)cc3)nn2)CC1. The van der Waals surface area contributed by atoms with E-state index in [-0.39, 0.29) is 42.7 Å². The number of aliphatic hydroxyl groups is 1. The van der Waals surface area contributed by atoms with Gasteiger partial charge in [0.15, 0.2) is 5.82 Å². The van der Waals surface area contributed by atoms with E-state index in [0.29, 0.717) is 24.4 Å². The molecule has 2 saturated carbocycles. The van der Waals surface area contributed by atoms with Gasteiger partial charge in [0.25, 0.3) is 0 Å². The lowest BCUT2D eigenvalue weighted by Gasteiger charge is -2.51. The van der Waals surface area contributed by atoms with Crippen molar-refractivity contribution in [2.45, 2.75) is 102 Å². The molecule has 0 unspecified atom stereocenters. The molecular weight excluding hydrogens is 582 g/mol. The molecule has 0 radical (unpaired) electrons. The molecule has 0 bridgehead atoms. The average molecular weight is 628 g/mol. The molecule has 2 aliphatic carbocycles. The Bertz CT molecular complexity index is 1540. The number of hydrogen-bond donors (Lipinski definition) is 4. The van der Waals surface area contributed by atoms with Gasteiger partial charge in [0.1, 0.15) is 5.69 Å². The maximum absolute atomic E-state index is 13.1. The van der Waals surface area contributed by atoms with Crippen LogP contribution in [0.15, 0.2) is 60.7 Å². The lowest BCUT2D eigenvalue weighted by atomic mass is 9.62. The predicted octanol–water partition coefficient (Wildman–Crippen LogP) is 6.35. The number of amides is 3. The van der Waals surface area contributed by atoms with Crippen molar-refractivity contribution in [2.75, 3.05) is 5.32 Å². The number of hydrogen-bond acceptors (Lipinski definition) is 6. The van der Waals surface area contributed by atoms with E-state index in [9.17, 15) is 24.6 Å². The van der Waals surface area contributed by atoms with Gasteiger partial charge in [0.2, 0.25) is 11.8 Å². The van der Waals surface area contributed by atoms with E-state index in [1.165, 1.54) is 0 Å². The second-order valence-electron chi connectivity index (χ2n) is 13.5. The lowest BCUT2D eigenvalue weighted by molar-refractivity contribution is -0.136. The van der Waals surface area contributed by atoms with Crippen LogP contribution in [0.2, 0.25) is 0 Å². The Morgan fingerprint density at radius 1 is 0.957 bits per heavy atom. The van der Waals surface area contributed by atoms with Crippen molar-refractivity contribution in [2.24, 2.45) is 5.92 Å². The Kier molecular flexibility index (Phi) is 9.76. The van der Waals surface area contributed by atoms with E-state index in [1.54, 1.807) is 6.92 Å². The molecule has 4 N–H and O–H groups in total. The fourth-order valence-electron chi connectivity index (χ4n) is 7.45. The van der Waals surface area contributed by atoms with Crippen LogP contribution in [0.4, 0.5) is 10.6 Å². The van der Waals surface area contributed by atoms with Gasteiger partial charge in [-0.3, -0.25) is 9.59 Å². The van der Waals surface area contributed by atoms with Crippen LogP contribution < -0.4 is 10.6 Å². The molecule has 1 aromatic heterocycles. The highest BCUT2D eigenvalue weighted by atomic mass is 16.4. The van der Waals surface area contributed by atoms with Crippen LogP contribution in [-0.2, 0) is 15.1 Å². The summed E-state index contributed by atoms with van der Waals surface area (Å²) < 4.78 is 0. The Balaban J connectivity index is 1.30. The first-order valence-corrected chi connectivity index (χ1v) is 16.3. The number of rotatable bonds is 10. The van der Waals surface area contributed by atoms with Gasteiger partial charge in [-0.15, -0.1) is 10.2 Å². The maximum atomic E-state index is 13.1. The van der Waals surface area contributed by atoms with E-state index in [2.05, 4.69) is 34.7 Å². The zero-order valence-electron chi connectivity index (χ0n) is 27.1. The van der Waals surface area contributed by atoms with Crippen LogP contribution in [0.25, 0.3) is 22.4 Å². The van der Waals surface area contributed by atoms with Crippen molar-refractivity contribution in [3.8, 4) is 22.4 Å². The summed E-state index contributed by atoms with van der Waals surface area (Å²) in [5.41, 5.74) is 2.13. The molecule has 2 aliphatic rings. The Labute approximate surface area is 270 Å². The third-order valence-corrected chi connectivity index (χ3v) is 9.40. The smallest absolute Gasteiger partial charge is 0.405 e. The summed E-state index contributed by atoms with van der Waals surface area (Å²) in [5, 5.41) is 34.3. The van der Waals surface area contributed by atoms with Gasteiger partial charge < -0.3 is 25.7 Å². The second-order valence-corrected chi connectivity index (χ2v) is 13.5. The highest BCUT2D eigenvalue weighted by Gasteiger charge is 2.53. The lowest BCUT2D eigenvalue weighted by Crippen LogP contribution is -2.61. The van der Waals surface area contributed by atoms with Crippen LogP contribution in [0.3, 0.4) is 0 Å². The van der Waals surface area contributed by atoms with Crippen molar-refractivity contribution >= 4 is 23.7 Å². The number of aromatic nitrogens is 2. The largest absolute Gasteiger partial charge is 0.465 e. The van der Waals surface area contributed by atoms with Crippen LogP contribution in [-0.4, -0.2) is 60.9 Å². The summed E-state index contributed by atoms with van der Waals surface area (Å²) in [4.78, 5) is 39.2. The van der Waals surface area contributed by atoms with Crippen molar-refractivity contribution in [3.63, 3.8) is 0 Å². The second kappa shape index (κ2) is 13.6. The maximum Gasteiger partial charge on any atom is 0.405 e. The van der Waals surface area contributed by atoms with Crippen LogP contribution in [0.5, 0.6) is 0 Å². The Morgan fingerprint density at radius 3 is 2.17 bits per heavy atom. The predicted molar refractivity (Wildman–Crippen MR) is 177 cm³/mol. The monoisotopic (exact) mass is 627 g/mol. The quantitative estimate of drug-likeness (QED) is 0.205. The average Bonchev–Trinajstić information content (AvgIpc) is 3.01. The molecule has 2 aromatic carbocycles. The zero-order valence-corrected chi connectivity index (χ0v) is 27.1. The normalized spacial score (nSPS) is 24.1. The molecule has 3 amide bonds. The van der Waals surface area contributed by atoms with E-state index >= 15 is 0 Å². The van der Waals surface area contributed by atoms with Gasteiger partial charge in [-0.05, 0) is 69.6 Å². The van der Waals surface area contributed by atoms with Crippen molar-refractivity contribution in [1.29, 1.82) is 0 Å². The first kappa shape index (κ1) is 33.1. The molecule has 5 rings (SSSR count). The molecule has 1 heterocycles. The molecule has 244 valence electrons. The van der Waals surface area contributed by atoms with Gasteiger partial charge in [-0.1, -0.05) is 61.5 Å². The fourth-order valence-corrected chi connectivity index (χ4v) is 7.45. The summed E-state index contributed by atoms with van der Waals surface area (Å²) in [6.45, 7) is 7.73. The Morgan fingerprint density at radius 2 is 1.61 bits per heavy atom. The number of benzene rings is 2. The molecule has 46 heavy (non-hydrogen) atoms. The van der Waals surface area contributed by atoms with Crippen LogP contribution in [0, 0.1) is 5.92 Å². The van der Waals surface area contributed by atoms with Gasteiger partial charge in [0, 0.05) is 48.9 Å². The van der Waals surface area contributed by atoms with Crippen LogP contribution in [0.1, 0.15) is 84.6 Å². The minimum absolute atomic E-state index is 0.105. The summed E-state index contributed by atoms with van der Waals surface area (Å²) in [7, 11) is 0. The summed E-state index contributed by atoms with van der Waals surface area (Å²) in [5.74, 6) is 0.709. The molecule has 2 fully saturated rings. The number of carbonyl (C=O) groups excluding carboxylic acids is 2. The highest BCUT2D eigenvalue weighted by Crippen LogP contribution is 2.48. The first-order valence-electron chi connectivity index (χ1n) is 16.3. The van der Waals surface area contributed by atoms with E-state index in [1.807, 2.05) is 72.5 Å². The van der Waals surface area contributed by atoms with Gasteiger partial charge in [-0.25, -0.2) is 4.79 Å². The minimum atomic E-state index is -1.14. The summed E-state index contributed by atoms with van der Waals surface area (Å²) >= 11 is 0. The highest BCUT2D eigenvalue weighted by molar-refractivity contribution is 5.91. The third-order valence-electron chi connectivity index (χ3n) is 9.40. The third kappa shape index (κ3) is 7.39. The molecular formula is C36H45N5O5. The van der Waals surface area contributed by atoms with Gasteiger partial charge in [-0.2, -0.15) is 0 Å². The fraction of sp³-hybridized carbons (Fsp3) is 0.472. The summed E-state index contributed by atoms with van der Waals surface area (Å²) in [6, 6.07) is 19.5. The molecule has 0 spiro atoms. The minimum Gasteiger partial charge on any atom is -0.465 e.